The molecule has 0 saturated carbocycles. The Morgan fingerprint density at radius 3 is 1.40 bits per heavy atom. The lowest BCUT2D eigenvalue weighted by atomic mass is 9.35. The van der Waals surface area contributed by atoms with Crippen LogP contribution in [0.3, 0.4) is 0 Å². The molecule has 0 N–H and O–H groups in total. The van der Waals surface area contributed by atoms with E-state index in [1.165, 1.54) is 83.2 Å². The fourth-order valence-corrected chi connectivity index (χ4v) is 11.3. The zero-order valence-electron chi connectivity index (χ0n) is 35.7. The minimum absolute atomic E-state index is 0.0748. The second kappa shape index (κ2) is 14.9. The van der Waals surface area contributed by atoms with Gasteiger partial charge in [0.2, 0.25) is 6.71 Å². The maximum Gasteiger partial charge on any atom is 0.246 e. The zero-order valence-corrected chi connectivity index (χ0v) is 35.7. The number of hydrogen-bond acceptors (Lipinski definition) is 2. The lowest BCUT2D eigenvalue weighted by Crippen LogP contribution is -2.57. The Hall–Kier alpha value is -8.34. The number of benzene rings is 10. The number of aromatic nitrogens is 1. The molecule has 304 valence electrons. The van der Waals surface area contributed by atoms with Gasteiger partial charge in [-0.15, -0.1) is 0 Å². The first-order valence-electron chi connectivity index (χ1n) is 22.6. The van der Waals surface area contributed by atoms with Crippen molar-refractivity contribution >= 4 is 79.0 Å². The molecular formula is C61H42BN3. The van der Waals surface area contributed by atoms with Crippen molar-refractivity contribution < 1.29 is 0 Å². The third kappa shape index (κ3) is 5.57. The second-order valence-corrected chi connectivity index (χ2v) is 17.2. The zero-order chi connectivity index (χ0) is 42.9. The van der Waals surface area contributed by atoms with Gasteiger partial charge in [0.25, 0.3) is 0 Å². The van der Waals surface area contributed by atoms with E-state index >= 15 is 0 Å². The van der Waals surface area contributed by atoms with Gasteiger partial charge in [-0.05, 0) is 112 Å². The van der Waals surface area contributed by atoms with Crippen LogP contribution in [0.2, 0.25) is 0 Å². The predicted octanol–water partition coefficient (Wildman–Crippen LogP) is 13.2. The highest BCUT2D eigenvalue weighted by Crippen LogP contribution is 2.58. The van der Waals surface area contributed by atoms with Gasteiger partial charge in [0.15, 0.2) is 0 Å². The third-order valence-electron chi connectivity index (χ3n) is 13.9. The molecule has 4 heteroatoms. The average molecular weight is 828 g/mol. The first-order valence-corrected chi connectivity index (χ1v) is 22.6. The standard InChI is InChI=1S/C61H42BN3/c1-4-20-43(21-5-1)61(44-36-41-56-50(42-44)49-26-10-15-31-55(49)63(56)46-22-6-2-7-23-46)51-27-11-16-32-57(51)64(58-33-17-12-28-52(58)61)48-39-37-45(38-40-48)62-53-29-13-18-34-59(53)65(47-24-8-3-9-25-47)60-35-19-14-30-54(60)62/h1-42H. The van der Waals surface area contributed by atoms with Gasteiger partial charge < -0.3 is 14.4 Å². The summed E-state index contributed by atoms with van der Waals surface area (Å²) in [7, 11) is 0. The second-order valence-electron chi connectivity index (χ2n) is 17.2. The molecule has 0 unspecified atom stereocenters. The van der Waals surface area contributed by atoms with Crippen LogP contribution in [0.25, 0.3) is 27.5 Å². The monoisotopic (exact) mass is 827 g/mol. The topological polar surface area (TPSA) is 11.4 Å². The molecule has 0 radical (unpaired) electrons. The van der Waals surface area contributed by atoms with Crippen LogP contribution in [0.4, 0.5) is 34.1 Å². The van der Waals surface area contributed by atoms with Crippen LogP contribution in [0.1, 0.15) is 22.3 Å². The van der Waals surface area contributed by atoms with Gasteiger partial charge in [0.05, 0.1) is 27.8 Å². The van der Waals surface area contributed by atoms with Crippen LogP contribution in [0.5, 0.6) is 0 Å². The fourth-order valence-electron chi connectivity index (χ4n) is 11.3. The highest BCUT2D eigenvalue weighted by molar-refractivity contribution is 6.98. The minimum atomic E-state index is -0.616. The van der Waals surface area contributed by atoms with Gasteiger partial charge in [-0.1, -0.05) is 181 Å². The Labute approximate surface area is 379 Å². The largest absolute Gasteiger partial charge is 0.312 e. The van der Waals surface area contributed by atoms with Crippen LogP contribution in [0.15, 0.2) is 255 Å². The summed E-state index contributed by atoms with van der Waals surface area (Å²) < 4.78 is 2.40. The predicted molar refractivity (Wildman–Crippen MR) is 273 cm³/mol. The van der Waals surface area contributed by atoms with Crippen LogP contribution in [-0.4, -0.2) is 11.3 Å². The molecule has 0 spiro atoms. The van der Waals surface area contributed by atoms with E-state index in [2.05, 4.69) is 269 Å². The smallest absolute Gasteiger partial charge is 0.246 e. The van der Waals surface area contributed by atoms with Crippen LogP contribution in [-0.2, 0) is 5.41 Å². The van der Waals surface area contributed by atoms with E-state index in [9.17, 15) is 0 Å². The van der Waals surface area contributed by atoms with Gasteiger partial charge in [-0.2, -0.15) is 0 Å². The summed E-state index contributed by atoms with van der Waals surface area (Å²) in [5.74, 6) is 0. The SMILES string of the molecule is c1ccc(N2c3ccccc3B(c3ccc(N4c5ccccc5C(c5ccccc5)(c5ccc6c(c5)c5ccccc5n6-c5ccccc5)c5ccccc54)cc3)c3ccccc32)cc1. The van der Waals surface area contributed by atoms with Gasteiger partial charge in [0.1, 0.15) is 0 Å². The molecule has 0 aliphatic carbocycles. The van der Waals surface area contributed by atoms with E-state index in [0.717, 1.165) is 17.1 Å². The Bertz CT molecular complexity index is 3470. The van der Waals surface area contributed by atoms with E-state index in [0.29, 0.717) is 0 Å². The normalized spacial score (nSPS) is 13.6. The van der Waals surface area contributed by atoms with E-state index in [4.69, 9.17) is 0 Å². The number of fused-ring (bicyclic) bond motifs is 7. The number of para-hydroxylation sites is 7. The van der Waals surface area contributed by atoms with Crippen LogP contribution >= 0.6 is 0 Å². The molecule has 3 heterocycles. The number of nitrogens with zero attached hydrogens (tertiary/aromatic N) is 3. The molecule has 3 nitrogen and oxygen atoms in total. The van der Waals surface area contributed by atoms with Crippen molar-refractivity contribution in [2.24, 2.45) is 0 Å². The highest BCUT2D eigenvalue weighted by Gasteiger charge is 2.46. The fraction of sp³-hybridized carbons (Fsp3) is 0.0164. The molecular weight excluding hydrogens is 786 g/mol. The summed E-state index contributed by atoms with van der Waals surface area (Å²) in [5.41, 5.74) is 18.8. The number of hydrogen-bond donors (Lipinski definition) is 0. The van der Waals surface area contributed by atoms with Crippen LogP contribution in [0, 0.1) is 0 Å². The molecule has 10 aromatic carbocycles. The Kier molecular flexibility index (Phi) is 8.54. The maximum atomic E-state index is 2.48. The summed E-state index contributed by atoms with van der Waals surface area (Å²) in [6.45, 7) is 0.0748. The number of anilines is 6. The molecule has 0 fully saturated rings. The Morgan fingerprint density at radius 2 is 0.769 bits per heavy atom. The van der Waals surface area contributed by atoms with E-state index in [-0.39, 0.29) is 6.71 Å². The summed E-state index contributed by atoms with van der Waals surface area (Å²) in [6.07, 6.45) is 0. The van der Waals surface area contributed by atoms with Crippen molar-refractivity contribution in [3.8, 4) is 5.69 Å². The minimum Gasteiger partial charge on any atom is -0.312 e. The molecule has 0 atom stereocenters. The molecule has 2 aliphatic heterocycles. The van der Waals surface area contributed by atoms with Crippen molar-refractivity contribution in [2.45, 2.75) is 5.41 Å². The molecule has 0 amide bonds. The maximum absolute atomic E-state index is 2.48. The molecule has 0 saturated heterocycles. The lowest BCUT2D eigenvalue weighted by molar-refractivity contribution is 0.732. The molecule has 2 aliphatic rings. The summed E-state index contributed by atoms with van der Waals surface area (Å²) in [4.78, 5) is 4.89. The van der Waals surface area contributed by atoms with Gasteiger partial charge >= 0.3 is 0 Å². The van der Waals surface area contributed by atoms with Crippen molar-refractivity contribution in [2.75, 3.05) is 9.80 Å². The van der Waals surface area contributed by atoms with Crippen molar-refractivity contribution in [1.82, 2.24) is 4.57 Å². The molecule has 1 aromatic heterocycles. The summed E-state index contributed by atoms with van der Waals surface area (Å²) in [6, 6.07) is 93.9. The number of rotatable bonds is 6. The molecule has 65 heavy (non-hydrogen) atoms. The first kappa shape index (κ1) is 37.2. The summed E-state index contributed by atoms with van der Waals surface area (Å²) >= 11 is 0. The van der Waals surface area contributed by atoms with Crippen molar-refractivity contribution in [3.05, 3.63) is 277 Å². The lowest BCUT2D eigenvalue weighted by Gasteiger charge is -2.46. The summed E-state index contributed by atoms with van der Waals surface area (Å²) in [5, 5.41) is 2.48. The van der Waals surface area contributed by atoms with E-state index in [1.54, 1.807) is 0 Å². The van der Waals surface area contributed by atoms with E-state index in [1.807, 2.05) is 0 Å². The Balaban J connectivity index is 0.987. The highest BCUT2D eigenvalue weighted by atomic mass is 15.2. The third-order valence-corrected chi connectivity index (χ3v) is 13.9. The van der Waals surface area contributed by atoms with Gasteiger partial charge in [0, 0.05) is 39.2 Å². The molecule has 11 aromatic rings. The molecule has 0 bridgehead atoms. The van der Waals surface area contributed by atoms with Gasteiger partial charge in [-0.3, -0.25) is 0 Å². The average Bonchev–Trinajstić information content (AvgIpc) is 3.72. The first-order chi connectivity index (χ1) is 32.3. The van der Waals surface area contributed by atoms with Crippen molar-refractivity contribution in [3.63, 3.8) is 0 Å². The van der Waals surface area contributed by atoms with Crippen LogP contribution < -0.4 is 26.2 Å². The Morgan fingerprint density at radius 1 is 0.308 bits per heavy atom. The molecule has 13 rings (SSSR count). The van der Waals surface area contributed by atoms with Gasteiger partial charge in [-0.25, -0.2) is 0 Å². The van der Waals surface area contributed by atoms with Crippen molar-refractivity contribution in [1.29, 1.82) is 0 Å². The van der Waals surface area contributed by atoms with E-state index < -0.39 is 5.41 Å². The quantitative estimate of drug-likeness (QED) is 0.155.